The van der Waals surface area contributed by atoms with Crippen LogP contribution in [0.4, 0.5) is 0 Å². The van der Waals surface area contributed by atoms with E-state index in [1.165, 1.54) is 5.56 Å². The lowest BCUT2D eigenvalue weighted by Gasteiger charge is -2.26. The molecule has 15 heavy (non-hydrogen) atoms. The summed E-state index contributed by atoms with van der Waals surface area (Å²) in [6.45, 7) is 5.07. The maximum atomic E-state index is 10.2. The minimum Gasteiger partial charge on any atom is -0.311 e. The summed E-state index contributed by atoms with van der Waals surface area (Å²) in [5.74, 6) is 0. The Balaban J connectivity index is 2.45. The second-order valence-corrected chi connectivity index (χ2v) is 4.43. The lowest BCUT2D eigenvalue weighted by Crippen LogP contribution is -2.41. The van der Waals surface area contributed by atoms with Gasteiger partial charge in [-0.15, -0.1) is 0 Å². The molecule has 0 aliphatic heterocycles. The Kier molecular flexibility index (Phi) is 4.50. The quantitative estimate of drug-likeness (QED) is 0.569. The Labute approximate surface area is 91.7 Å². The normalized spacial score (nSPS) is 11.3. The zero-order valence-electron chi connectivity index (χ0n) is 9.49. The Morgan fingerprint density at radius 1 is 1.27 bits per heavy atom. The van der Waals surface area contributed by atoms with E-state index >= 15 is 0 Å². The van der Waals surface area contributed by atoms with E-state index in [1.807, 2.05) is 6.07 Å². The molecule has 2 nitrogen and oxygen atoms in total. The second kappa shape index (κ2) is 5.66. The molecule has 0 fully saturated rings. The highest BCUT2D eigenvalue weighted by molar-refractivity contribution is 5.49. The van der Waals surface area contributed by atoms with E-state index in [9.17, 15) is 4.79 Å². The molecule has 0 saturated carbocycles. The predicted molar refractivity (Wildman–Crippen MR) is 62.9 cm³/mol. The zero-order valence-corrected chi connectivity index (χ0v) is 9.49. The van der Waals surface area contributed by atoms with Crippen LogP contribution >= 0.6 is 0 Å². The third-order valence-corrected chi connectivity index (χ3v) is 2.35. The monoisotopic (exact) mass is 205 g/mol. The van der Waals surface area contributed by atoms with E-state index in [-0.39, 0.29) is 5.54 Å². The van der Waals surface area contributed by atoms with Crippen molar-refractivity contribution in [2.75, 3.05) is 6.54 Å². The Morgan fingerprint density at radius 2 is 1.93 bits per heavy atom. The van der Waals surface area contributed by atoms with Gasteiger partial charge in [0.1, 0.15) is 6.29 Å². The molecule has 0 heterocycles. The highest BCUT2D eigenvalue weighted by atomic mass is 16.1. The van der Waals surface area contributed by atoms with E-state index in [1.54, 1.807) is 0 Å². The molecule has 0 aromatic heterocycles. The van der Waals surface area contributed by atoms with Crippen molar-refractivity contribution in [1.29, 1.82) is 0 Å². The summed E-state index contributed by atoms with van der Waals surface area (Å²) in [7, 11) is 0. The topological polar surface area (TPSA) is 29.1 Å². The van der Waals surface area contributed by atoms with Gasteiger partial charge in [-0.3, -0.25) is 0 Å². The smallest absolute Gasteiger partial charge is 0.121 e. The number of hydrogen-bond donors (Lipinski definition) is 1. The van der Waals surface area contributed by atoms with Crippen molar-refractivity contribution in [3.63, 3.8) is 0 Å². The average Bonchev–Trinajstić information content (AvgIpc) is 2.18. The van der Waals surface area contributed by atoms with Crippen molar-refractivity contribution in [1.82, 2.24) is 5.32 Å². The van der Waals surface area contributed by atoms with Crippen molar-refractivity contribution in [3.05, 3.63) is 35.9 Å². The average molecular weight is 205 g/mol. The Hall–Kier alpha value is -1.15. The summed E-state index contributed by atoms with van der Waals surface area (Å²) < 4.78 is 0. The summed E-state index contributed by atoms with van der Waals surface area (Å²) in [6, 6.07) is 10.4. The molecule has 0 spiro atoms. The number of nitrogens with one attached hydrogen (secondary N) is 1. The van der Waals surface area contributed by atoms with Crippen molar-refractivity contribution in [3.8, 4) is 0 Å². The molecule has 0 aliphatic rings. The number of carbonyl (C=O) groups is 1. The number of aldehydes is 1. The van der Waals surface area contributed by atoms with E-state index in [2.05, 4.69) is 43.4 Å². The van der Waals surface area contributed by atoms with Gasteiger partial charge >= 0.3 is 0 Å². The Bertz CT molecular complexity index is 293. The molecule has 0 saturated heterocycles. The minimum atomic E-state index is 0.0460. The van der Waals surface area contributed by atoms with Crippen LogP contribution in [0, 0.1) is 0 Å². The number of benzene rings is 1. The molecule has 0 atom stereocenters. The number of hydrogen-bond acceptors (Lipinski definition) is 2. The lowest BCUT2D eigenvalue weighted by atomic mass is 9.95. The first-order valence-corrected chi connectivity index (χ1v) is 5.37. The molecule has 82 valence electrons. The molecular formula is C13H19NO. The SMILES string of the molecule is CC(C)(Cc1ccccc1)NCCC=O. The van der Waals surface area contributed by atoms with E-state index in [0.717, 1.165) is 19.3 Å². The largest absolute Gasteiger partial charge is 0.311 e. The van der Waals surface area contributed by atoms with Crippen molar-refractivity contribution < 1.29 is 4.79 Å². The van der Waals surface area contributed by atoms with Crippen LogP contribution in [-0.4, -0.2) is 18.4 Å². The number of carbonyl (C=O) groups excluding carboxylic acids is 1. The van der Waals surface area contributed by atoms with Gasteiger partial charge in [-0.2, -0.15) is 0 Å². The first-order chi connectivity index (χ1) is 7.14. The summed E-state index contributed by atoms with van der Waals surface area (Å²) >= 11 is 0. The highest BCUT2D eigenvalue weighted by Gasteiger charge is 2.16. The fourth-order valence-corrected chi connectivity index (χ4v) is 1.64. The summed E-state index contributed by atoms with van der Waals surface area (Å²) in [5, 5.41) is 3.38. The van der Waals surface area contributed by atoms with Gasteiger partial charge in [-0.05, 0) is 25.8 Å². The van der Waals surface area contributed by atoms with Crippen molar-refractivity contribution in [2.24, 2.45) is 0 Å². The second-order valence-electron chi connectivity index (χ2n) is 4.43. The van der Waals surface area contributed by atoms with Crippen LogP contribution in [-0.2, 0) is 11.2 Å². The Morgan fingerprint density at radius 3 is 2.53 bits per heavy atom. The van der Waals surface area contributed by atoms with Crippen LogP contribution in [0.25, 0.3) is 0 Å². The zero-order chi connectivity index (χ0) is 11.1. The van der Waals surface area contributed by atoms with Crippen LogP contribution in [0.3, 0.4) is 0 Å². The molecule has 0 unspecified atom stereocenters. The standard InChI is InChI=1S/C13H19NO/c1-13(2,14-9-6-10-15)11-12-7-4-3-5-8-12/h3-5,7-8,10,14H,6,9,11H2,1-2H3. The van der Waals surface area contributed by atoms with E-state index in [0.29, 0.717) is 6.42 Å². The van der Waals surface area contributed by atoms with Crippen LogP contribution < -0.4 is 5.32 Å². The summed E-state index contributed by atoms with van der Waals surface area (Å²) in [6.07, 6.45) is 2.51. The van der Waals surface area contributed by atoms with Gasteiger partial charge in [-0.25, -0.2) is 0 Å². The minimum absolute atomic E-state index is 0.0460. The summed E-state index contributed by atoms with van der Waals surface area (Å²) in [5.41, 5.74) is 1.37. The lowest BCUT2D eigenvalue weighted by molar-refractivity contribution is -0.107. The van der Waals surface area contributed by atoms with Crippen molar-refractivity contribution >= 4 is 6.29 Å². The molecule has 0 bridgehead atoms. The fourth-order valence-electron chi connectivity index (χ4n) is 1.64. The van der Waals surface area contributed by atoms with Crippen LogP contribution in [0.5, 0.6) is 0 Å². The molecule has 1 rings (SSSR count). The van der Waals surface area contributed by atoms with Gasteiger partial charge in [0.05, 0.1) is 0 Å². The van der Waals surface area contributed by atoms with Gasteiger partial charge in [0.15, 0.2) is 0 Å². The van der Waals surface area contributed by atoms with E-state index < -0.39 is 0 Å². The third kappa shape index (κ3) is 4.75. The first kappa shape index (κ1) is 11.9. The predicted octanol–water partition coefficient (Wildman–Crippen LogP) is 2.19. The van der Waals surface area contributed by atoms with E-state index in [4.69, 9.17) is 0 Å². The van der Waals surface area contributed by atoms with Gasteiger partial charge in [0.2, 0.25) is 0 Å². The molecule has 0 aliphatic carbocycles. The van der Waals surface area contributed by atoms with Crippen LogP contribution in [0.15, 0.2) is 30.3 Å². The van der Waals surface area contributed by atoms with Gasteiger partial charge in [0, 0.05) is 18.5 Å². The van der Waals surface area contributed by atoms with Gasteiger partial charge in [-0.1, -0.05) is 30.3 Å². The summed E-state index contributed by atoms with van der Waals surface area (Å²) in [4.78, 5) is 10.2. The third-order valence-electron chi connectivity index (χ3n) is 2.35. The van der Waals surface area contributed by atoms with Crippen molar-refractivity contribution in [2.45, 2.75) is 32.2 Å². The highest BCUT2D eigenvalue weighted by Crippen LogP contribution is 2.11. The molecule has 1 aromatic rings. The van der Waals surface area contributed by atoms with Crippen LogP contribution in [0.1, 0.15) is 25.8 Å². The fraction of sp³-hybridized carbons (Fsp3) is 0.462. The maximum absolute atomic E-state index is 10.2. The molecule has 2 heteroatoms. The number of rotatable bonds is 6. The first-order valence-electron chi connectivity index (χ1n) is 5.37. The molecule has 0 amide bonds. The molecule has 1 N–H and O–H groups in total. The maximum Gasteiger partial charge on any atom is 0.121 e. The molecular weight excluding hydrogens is 186 g/mol. The van der Waals surface area contributed by atoms with Gasteiger partial charge < -0.3 is 10.1 Å². The van der Waals surface area contributed by atoms with Crippen LogP contribution in [0.2, 0.25) is 0 Å². The van der Waals surface area contributed by atoms with Gasteiger partial charge in [0.25, 0.3) is 0 Å². The molecule has 0 radical (unpaired) electrons. The molecule has 1 aromatic carbocycles.